The summed E-state index contributed by atoms with van der Waals surface area (Å²) in [5.74, 6) is -3.68. The van der Waals surface area contributed by atoms with E-state index in [1.807, 2.05) is 53.3 Å². The highest BCUT2D eigenvalue weighted by molar-refractivity contribution is 14.1. The van der Waals surface area contributed by atoms with Gasteiger partial charge in [0.25, 0.3) is 5.91 Å². The second-order valence-corrected chi connectivity index (χ2v) is 23.6. The first kappa shape index (κ1) is 62.8. The summed E-state index contributed by atoms with van der Waals surface area (Å²) in [6.07, 6.45) is -6.09. The fourth-order valence-corrected chi connectivity index (χ4v) is 11.9. The lowest BCUT2D eigenvalue weighted by atomic mass is 9.77. The van der Waals surface area contributed by atoms with Gasteiger partial charge in [-0.2, -0.15) is 0 Å². The van der Waals surface area contributed by atoms with Crippen LogP contribution in [0.1, 0.15) is 115 Å². The number of hydrogen-bond donors (Lipinski definition) is 6. The van der Waals surface area contributed by atoms with Crippen LogP contribution < -0.4 is 5.73 Å². The molecule has 23 nitrogen and oxygen atoms in total. The number of aliphatic hydroxyl groups is 5. The number of cyclic esters (lactones) is 1. The molecule has 7 N–H and O–H groups in total. The van der Waals surface area contributed by atoms with Crippen LogP contribution in [0.4, 0.5) is 4.39 Å². The van der Waals surface area contributed by atoms with Gasteiger partial charge in [0.05, 0.1) is 59.1 Å². The maximum Gasteiger partial charge on any atom is 0.312 e. The number of ether oxygens (including phenoxy) is 7. The van der Waals surface area contributed by atoms with Crippen molar-refractivity contribution in [2.75, 3.05) is 48.1 Å². The number of halogens is 2. The van der Waals surface area contributed by atoms with Crippen LogP contribution in [0.3, 0.4) is 0 Å². The predicted octanol–water partition coefficient (Wildman–Crippen LogP) is 2.67. The summed E-state index contributed by atoms with van der Waals surface area (Å²) in [5.41, 5.74) is 2.50. The highest BCUT2D eigenvalue weighted by Gasteiger charge is 2.53. The van der Waals surface area contributed by atoms with Crippen molar-refractivity contribution in [1.82, 2.24) is 39.8 Å². The monoisotopic (exact) mass is 1200 g/mol. The molecule has 0 unspecified atom stereocenters. The van der Waals surface area contributed by atoms with Gasteiger partial charge in [0.15, 0.2) is 22.4 Å². The molecule has 3 aromatic rings. The Morgan fingerprint density at radius 1 is 0.974 bits per heavy atom. The molecule has 434 valence electrons. The molecule has 0 spiro atoms. The second kappa shape index (κ2) is 26.0. The fourth-order valence-electron chi connectivity index (χ4n) is 11.2. The minimum atomic E-state index is -1.89. The number of methoxy groups -OCH3 is 2. The number of carbonyl (C=O) groups excluding carboxylic acids is 2. The zero-order valence-corrected chi connectivity index (χ0v) is 48.7. The summed E-state index contributed by atoms with van der Waals surface area (Å²) in [5, 5.41) is 75.9. The van der Waals surface area contributed by atoms with E-state index >= 15 is 0 Å². The molecule has 3 fully saturated rings. The normalized spacial score (nSPS) is 38.1. The SMILES string of the molecule is CO[C@H](c1ccc(-n2cc(C(N)=O)nn2)cc1)[C@@H](CF)n1cc(CCN(C)[C@H]2C[C@@H](C)O[C@@H](O[C@@H]3[C@@H](C)[C@H](O[C@H]4C[C@@](C)(OC)[C@@H](O)[C@H](C)O4)[C@@H](C)C(=O)O[C@H](I)[C@@](C)(O)[C@H](O)[C@@H](C)N(C)C[C@H](C)C[C@@]3(C)O)[C@@H]2O)nn1. The molecule has 1 aromatic carbocycles. The van der Waals surface area contributed by atoms with Crippen molar-refractivity contribution in [3.63, 3.8) is 0 Å². The van der Waals surface area contributed by atoms with Crippen LogP contribution >= 0.6 is 22.6 Å². The summed E-state index contributed by atoms with van der Waals surface area (Å²) >= 11 is 1.81. The van der Waals surface area contributed by atoms with Gasteiger partial charge in [0, 0.05) is 64.3 Å². The first-order chi connectivity index (χ1) is 36.1. The minimum Gasteiger partial charge on any atom is -0.448 e. The van der Waals surface area contributed by atoms with Crippen molar-refractivity contribution in [3.8, 4) is 5.69 Å². The Morgan fingerprint density at radius 3 is 2.26 bits per heavy atom. The Kier molecular flexibility index (Phi) is 21.2. The molecule has 0 bridgehead atoms. The van der Waals surface area contributed by atoms with Crippen LogP contribution in [-0.4, -0.2) is 214 Å². The zero-order chi connectivity index (χ0) is 57.1. The van der Waals surface area contributed by atoms with Gasteiger partial charge in [-0.25, -0.2) is 13.8 Å². The highest BCUT2D eigenvalue weighted by atomic mass is 127. The molecule has 20 atom stereocenters. The lowest BCUT2D eigenvalue weighted by Crippen LogP contribution is -2.60. The van der Waals surface area contributed by atoms with Gasteiger partial charge in [-0.05, 0) is 122 Å². The topological polar surface area (TPSA) is 294 Å². The van der Waals surface area contributed by atoms with Gasteiger partial charge < -0.3 is 74.2 Å². The van der Waals surface area contributed by atoms with Crippen molar-refractivity contribution in [2.24, 2.45) is 23.5 Å². The quantitative estimate of drug-likeness (QED) is 0.0683. The first-order valence-corrected chi connectivity index (χ1v) is 27.5. The number of likely N-dealkylation sites (N-methyl/N-ethyl adjacent to an activating group) is 2. The fraction of sp³-hybridized carbons (Fsp3) is 0.769. The molecule has 0 radical (unpaired) electrons. The number of alkyl halides is 2. The van der Waals surface area contributed by atoms with Crippen molar-refractivity contribution in [2.45, 2.75) is 188 Å². The third kappa shape index (κ3) is 14.4. The van der Waals surface area contributed by atoms with E-state index in [0.717, 1.165) is 0 Å². The summed E-state index contributed by atoms with van der Waals surface area (Å²) in [7, 11) is 6.63. The third-order valence-corrected chi connectivity index (χ3v) is 17.6. The van der Waals surface area contributed by atoms with E-state index in [0.29, 0.717) is 42.9 Å². The standard InChI is InChI=1S/C52H83FIN9O14/c1-27-21-50(7,69)45(29(3)41(75-39-22-51(8,72-13)44(66)32(6)74-39)30(4)47(68)77-49(54)52(9,70)43(65)31(5)61(11)24-27)76-48-40(64)37(20-28(2)73-48)60(10)19-18-34-25-63(58-56-34)38(23-53)42(71-12)33-14-16-35(17-15-33)62-26-36(46(55)67)57-59-62/h14-17,25-32,37-45,48-49,64-66,69-70H,18-24H2,1-13H3,(H2,55,67)/t27-,28-,29+,30-,31-,32+,37+,38-,39+,40-,41+,42-,43-,44+,45-,48+,49+,50-,51-,52+/m1/s1. The lowest BCUT2D eigenvalue weighted by molar-refractivity contribution is -0.318. The molecule has 3 aliphatic rings. The number of aromatic nitrogens is 6. The van der Waals surface area contributed by atoms with Crippen LogP contribution in [0, 0.1) is 17.8 Å². The highest BCUT2D eigenvalue weighted by Crippen LogP contribution is 2.41. The smallest absolute Gasteiger partial charge is 0.312 e. The molecule has 77 heavy (non-hydrogen) atoms. The van der Waals surface area contributed by atoms with E-state index < -0.39 is 131 Å². The van der Waals surface area contributed by atoms with Crippen molar-refractivity contribution in [1.29, 1.82) is 0 Å². The number of nitrogens with zero attached hydrogens (tertiary/aromatic N) is 8. The molecule has 1 amide bonds. The minimum absolute atomic E-state index is 0.0110. The van der Waals surface area contributed by atoms with Crippen LogP contribution in [0.5, 0.6) is 0 Å². The van der Waals surface area contributed by atoms with Gasteiger partial charge in [-0.3, -0.25) is 9.59 Å². The van der Waals surface area contributed by atoms with Crippen LogP contribution in [0.2, 0.25) is 0 Å². The number of aliphatic hydroxyl groups excluding tert-OH is 3. The Labute approximate surface area is 464 Å². The molecular formula is C52H83FIN9O14. The first-order valence-electron chi connectivity index (χ1n) is 26.3. The number of esters is 1. The van der Waals surface area contributed by atoms with Crippen LogP contribution in [0.15, 0.2) is 36.7 Å². The van der Waals surface area contributed by atoms with Crippen molar-refractivity contribution in [3.05, 3.63) is 53.6 Å². The van der Waals surface area contributed by atoms with E-state index in [4.69, 9.17) is 38.9 Å². The van der Waals surface area contributed by atoms with Gasteiger partial charge in [-0.1, -0.05) is 36.4 Å². The number of nitrogens with two attached hydrogens (primary N) is 1. The number of carbonyl (C=O) groups is 2. The molecule has 25 heteroatoms. The molecular weight excluding hydrogens is 1120 g/mol. The van der Waals surface area contributed by atoms with Gasteiger partial charge >= 0.3 is 5.97 Å². The average Bonchev–Trinajstić information content (AvgIpc) is 4.08. The number of benzene rings is 1. The molecule has 5 heterocycles. The Balaban J connectivity index is 1.24. The maximum atomic E-state index is 14.9. The molecule has 3 aliphatic heterocycles. The largest absolute Gasteiger partial charge is 0.448 e. The molecule has 0 aliphatic carbocycles. The summed E-state index contributed by atoms with van der Waals surface area (Å²) in [4.78, 5) is 29.8. The van der Waals surface area contributed by atoms with Gasteiger partial charge in [0.2, 0.25) is 0 Å². The van der Waals surface area contributed by atoms with E-state index in [1.165, 1.54) is 36.7 Å². The van der Waals surface area contributed by atoms with Crippen LogP contribution in [0.25, 0.3) is 5.69 Å². The molecule has 2 aromatic heterocycles. The molecule has 0 saturated carbocycles. The van der Waals surface area contributed by atoms with Crippen LogP contribution in [-0.2, 0) is 44.4 Å². The van der Waals surface area contributed by atoms with Gasteiger partial charge in [-0.15, -0.1) is 10.2 Å². The zero-order valence-electron chi connectivity index (χ0n) is 46.6. The predicted molar refractivity (Wildman–Crippen MR) is 285 cm³/mol. The van der Waals surface area contributed by atoms with Gasteiger partial charge in [0.1, 0.15) is 42.7 Å². The molecule has 3 saturated heterocycles. The Morgan fingerprint density at radius 2 is 1.65 bits per heavy atom. The number of rotatable bonds is 16. The van der Waals surface area contributed by atoms with E-state index in [-0.39, 0.29) is 24.5 Å². The van der Waals surface area contributed by atoms with E-state index in [2.05, 4.69) is 20.6 Å². The molecule has 6 rings (SSSR count). The third-order valence-electron chi connectivity index (χ3n) is 16.1. The maximum absolute atomic E-state index is 14.9. The number of primary amides is 1. The Hall–Kier alpha value is -3.42. The lowest BCUT2D eigenvalue weighted by Gasteiger charge is -2.49. The average molecular weight is 1200 g/mol. The summed E-state index contributed by atoms with van der Waals surface area (Å²) in [6, 6.07) is 4.97. The second-order valence-electron chi connectivity index (χ2n) is 22.4. The van der Waals surface area contributed by atoms with Crippen molar-refractivity contribution >= 4 is 34.5 Å². The number of hydrogen-bond acceptors (Lipinski definition) is 20. The number of amides is 1. The van der Waals surface area contributed by atoms with Crippen molar-refractivity contribution < 1.29 is 72.7 Å². The Bertz CT molecular complexity index is 2390. The summed E-state index contributed by atoms with van der Waals surface area (Å²) in [6.45, 7) is 15.4. The summed E-state index contributed by atoms with van der Waals surface area (Å²) < 4.78 is 60.4. The van der Waals surface area contributed by atoms with E-state index in [1.54, 1.807) is 79.1 Å². The van der Waals surface area contributed by atoms with E-state index in [9.17, 15) is 39.5 Å².